The van der Waals surface area contributed by atoms with E-state index in [0.29, 0.717) is 51.5 Å². The molecule has 6 rings (SSSR count). The van der Waals surface area contributed by atoms with Gasteiger partial charge in [0.05, 0.1) is 42.6 Å². The molecule has 0 N–H and O–H groups in total. The van der Waals surface area contributed by atoms with E-state index in [9.17, 15) is 31.1 Å². The molecule has 2 aliphatic heterocycles. The number of benzene rings is 4. The molecule has 4 aromatic carbocycles. The summed E-state index contributed by atoms with van der Waals surface area (Å²) in [6.07, 6.45) is -11.1. The van der Waals surface area contributed by atoms with Gasteiger partial charge in [-0.05, 0) is 57.6 Å². The quantitative estimate of drug-likeness (QED) is 0.112. The Kier molecular flexibility index (Phi) is 14.1. The highest BCUT2D eigenvalue weighted by Crippen LogP contribution is 2.38. The molecule has 0 saturated carbocycles. The number of amides is 1. The largest absolute Gasteiger partial charge is 0.416 e. The van der Waals surface area contributed by atoms with Crippen LogP contribution in [0.4, 0.5) is 26.3 Å². The Morgan fingerprint density at radius 3 is 1.90 bits per heavy atom. The average Bonchev–Trinajstić information content (AvgIpc) is 3.20. The molecule has 2 fully saturated rings. The maximum atomic E-state index is 14.7. The van der Waals surface area contributed by atoms with Crippen LogP contribution in [0, 0.1) is 6.92 Å². The first-order valence-corrected chi connectivity index (χ1v) is 21.6. The summed E-state index contributed by atoms with van der Waals surface area (Å²) in [5.41, 5.74) is -1.16. The van der Waals surface area contributed by atoms with E-state index in [1.807, 2.05) is 79.7 Å². The molecule has 0 radical (unpaired) electrons. The zero-order valence-electron chi connectivity index (χ0n) is 34.2. The van der Waals surface area contributed by atoms with E-state index in [0.717, 1.165) is 33.6 Å². The molecule has 4 aromatic rings. The highest BCUT2D eigenvalue weighted by molar-refractivity contribution is 6.80. The molecule has 1 unspecified atom stereocenters. The lowest BCUT2D eigenvalue weighted by molar-refractivity contribution is -0.143. The van der Waals surface area contributed by atoms with Gasteiger partial charge in [-0.2, -0.15) is 26.3 Å². The molecular formula is C45H53F6N3O4Si. The number of ether oxygens (including phenoxy) is 2. The first-order chi connectivity index (χ1) is 27.9. The minimum atomic E-state index is -5.11. The predicted octanol–water partition coefficient (Wildman–Crippen LogP) is 7.10. The molecule has 7 nitrogen and oxygen atoms in total. The minimum Gasteiger partial charge on any atom is -0.402 e. The zero-order valence-corrected chi connectivity index (χ0v) is 35.3. The monoisotopic (exact) mass is 841 g/mol. The fraction of sp³-hybridized carbons (Fsp3) is 0.444. The van der Waals surface area contributed by atoms with Gasteiger partial charge in [0.2, 0.25) is 9.04 Å². The van der Waals surface area contributed by atoms with E-state index < -0.39 is 56.1 Å². The topological polar surface area (TPSA) is 54.5 Å². The fourth-order valence-electron chi connectivity index (χ4n) is 8.15. The van der Waals surface area contributed by atoms with Crippen LogP contribution in [0.2, 0.25) is 0 Å². The Labute approximate surface area is 344 Å². The SMILES string of the molecule is COC[C@@H]1CN(CCN2CCN(C(=O)c3cc(C(F)(F)F)cc(C(F)(F)F)c3)[C@@H](C(O[SiH](c3ccccc3)c3ccccc3)c3ccc(C)c(C(C)(C)C)c3)C2)CCO1. The van der Waals surface area contributed by atoms with Crippen molar-refractivity contribution in [2.24, 2.45) is 0 Å². The van der Waals surface area contributed by atoms with Crippen LogP contribution in [0.5, 0.6) is 0 Å². The van der Waals surface area contributed by atoms with Gasteiger partial charge in [-0.25, -0.2) is 0 Å². The summed E-state index contributed by atoms with van der Waals surface area (Å²) in [7, 11) is -0.944. The van der Waals surface area contributed by atoms with Crippen molar-refractivity contribution >= 4 is 25.3 Å². The third-order valence-corrected chi connectivity index (χ3v) is 13.7. The molecule has 318 valence electrons. The van der Waals surface area contributed by atoms with E-state index in [1.54, 1.807) is 7.11 Å². The van der Waals surface area contributed by atoms with Crippen molar-refractivity contribution in [2.45, 2.75) is 63.7 Å². The van der Waals surface area contributed by atoms with Crippen LogP contribution in [-0.4, -0.2) is 108 Å². The number of rotatable bonds is 12. The van der Waals surface area contributed by atoms with Crippen molar-refractivity contribution in [1.29, 1.82) is 0 Å². The molecule has 59 heavy (non-hydrogen) atoms. The molecule has 1 amide bonds. The molecule has 0 aromatic heterocycles. The number of morpholine rings is 1. The van der Waals surface area contributed by atoms with Crippen molar-refractivity contribution in [3.8, 4) is 0 Å². The van der Waals surface area contributed by atoms with Crippen molar-refractivity contribution in [2.75, 3.05) is 66.1 Å². The van der Waals surface area contributed by atoms with Gasteiger partial charge in [-0.15, -0.1) is 0 Å². The summed E-state index contributed by atoms with van der Waals surface area (Å²) in [5.74, 6) is -0.920. The van der Waals surface area contributed by atoms with Crippen molar-refractivity contribution < 1.29 is 45.0 Å². The third-order valence-electron chi connectivity index (χ3n) is 11.1. The predicted molar refractivity (Wildman–Crippen MR) is 219 cm³/mol. The number of nitrogens with zero attached hydrogens (tertiary/aromatic N) is 3. The standard InChI is InChI=1S/C45H53F6N3O4Si/c1-31-16-17-32(26-39(31)43(2,3)4)41(58-59(37-12-8-6-9-13-37)38-14-10-7-11-15-38)40-29-52(18-19-53-22-23-57-36(28-53)30-56-5)20-21-54(40)42(55)33-24-34(44(46,47)48)27-35(25-33)45(49,50)51/h6-17,24-27,36,40-41,59H,18-23,28-30H2,1-5H3/t36-,40+,41?/m0/s1. The number of piperazine rings is 1. The van der Waals surface area contributed by atoms with Gasteiger partial charge in [0.25, 0.3) is 5.91 Å². The number of carbonyl (C=O) groups is 1. The lowest BCUT2D eigenvalue weighted by Crippen LogP contribution is -2.60. The van der Waals surface area contributed by atoms with Gasteiger partial charge in [0.1, 0.15) is 0 Å². The van der Waals surface area contributed by atoms with Crippen molar-refractivity contribution in [3.63, 3.8) is 0 Å². The van der Waals surface area contributed by atoms with Crippen molar-refractivity contribution in [3.05, 3.63) is 130 Å². The second kappa shape index (κ2) is 18.7. The first kappa shape index (κ1) is 44.5. The second-order valence-corrected chi connectivity index (χ2v) is 18.9. The lowest BCUT2D eigenvalue weighted by atomic mass is 9.82. The van der Waals surface area contributed by atoms with E-state index in [1.165, 1.54) is 4.90 Å². The maximum Gasteiger partial charge on any atom is 0.416 e. The number of halogens is 6. The van der Waals surface area contributed by atoms with E-state index in [-0.39, 0.29) is 30.7 Å². The molecular weight excluding hydrogens is 789 g/mol. The summed E-state index contributed by atoms with van der Waals surface area (Å²) in [6.45, 7) is 12.7. The lowest BCUT2D eigenvalue weighted by Gasteiger charge is -2.46. The van der Waals surface area contributed by atoms with Gasteiger partial charge in [0, 0.05) is 58.5 Å². The van der Waals surface area contributed by atoms with E-state index >= 15 is 0 Å². The number of aryl methyl sites for hydroxylation is 1. The molecule has 2 heterocycles. The number of hydrogen-bond donors (Lipinski definition) is 0. The molecule has 0 spiro atoms. The molecule has 14 heteroatoms. The molecule has 0 aliphatic carbocycles. The summed E-state index contributed by atoms with van der Waals surface area (Å²) >= 11 is 0. The van der Waals surface area contributed by atoms with Gasteiger partial charge in [0.15, 0.2) is 0 Å². The van der Waals surface area contributed by atoms with E-state index in [2.05, 4.69) is 36.6 Å². The summed E-state index contributed by atoms with van der Waals surface area (Å²) in [5, 5.41) is 1.95. The Bertz CT molecular complexity index is 1940. The Morgan fingerprint density at radius 1 is 0.780 bits per heavy atom. The highest BCUT2D eigenvalue weighted by atomic mass is 28.3. The van der Waals surface area contributed by atoms with Crippen LogP contribution in [-0.2, 0) is 31.7 Å². The van der Waals surface area contributed by atoms with Gasteiger partial charge in [-0.3, -0.25) is 14.6 Å². The number of alkyl halides is 6. The highest BCUT2D eigenvalue weighted by Gasteiger charge is 2.42. The average molecular weight is 842 g/mol. The van der Waals surface area contributed by atoms with Crippen LogP contribution >= 0.6 is 0 Å². The number of carbonyl (C=O) groups excluding carboxylic acids is 1. The van der Waals surface area contributed by atoms with Crippen LogP contribution in [0.1, 0.15) is 65.1 Å². The van der Waals surface area contributed by atoms with Crippen molar-refractivity contribution in [1.82, 2.24) is 14.7 Å². The van der Waals surface area contributed by atoms with Gasteiger partial charge >= 0.3 is 12.4 Å². The van der Waals surface area contributed by atoms with Crippen LogP contribution in [0.25, 0.3) is 0 Å². The fourth-order valence-corrected chi connectivity index (χ4v) is 10.6. The van der Waals surface area contributed by atoms with E-state index in [4.69, 9.17) is 13.9 Å². The summed E-state index contributed by atoms with van der Waals surface area (Å²) in [4.78, 5) is 20.7. The smallest absolute Gasteiger partial charge is 0.402 e. The summed E-state index contributed by atoms with van der Waals surface area (Å²) < 4.78 is 103. The molecule has 2 saturated heterocycles. The van der Waals surface area contributed by atoms with Crippen LogP contribution in [0.3, 0.4) is 0 Å². The van der Waals surface area contributed by atoms with Gasteiger partial charge in [-0.1, -0.05) is 99.6 Å². The molecule has 2 aliphatic rings. The summed E-state index contributed by atoms with van der Waals surface area (Å²) in [6, 6.07) is 26.0. The van der Waals surface area contributed by atoms with Crippen LogP contribution in [0.15, 0.2) is 97.1 Å². The zero-order chi connectivity index (χ0) is 42.5. The second-order valence-electron chi connectivity index (χ2n) is 16.5. The van der Waals surface area contributed by atoms with Crippen LogP contribution < -0.4 is 10.4 Å². The number of methoxy groups -OCH3 is 1. The Hall–Kier alpha value is -4.05. The normalized spacial score (nSPS) is 19.3. The first-order valence-electron chi connectivity index (χ1n) is 19.9. The maximum absolute atomic E-state index is 14.7. The Morgan fingerprint density at radius 2 is 1.36 bits per heavy atom. The Balaban J connectivity index is 1.47. The minimum absolute atomic E-state index is 0.0528. The number of hydrogen-bond acceptors (Lipinski definition) is 6. The van der Waals surface area contributed by atoms with Gasteiger partial charge < -0.3 is 18.8 Å². The molecule has 0 bridgehead atoms. The molecule has 3 atom stereocenters. The third kappa shape index (κ3) is 11.2.